The van der Waals surface area contributed by atoms with Crippen LogP contribution in [-0.2, 0) is 22.6 Å². The van der Waals surface area contributed by atoms with E-state index in [1.807, 2.05) is 58.3 Å². The lowest BCUT2D eigenvalue weighted by molar-refractivity contribution is -0.132. The van der Waals surface area contributed by atoms with Gasteiger partial charge >= 0.3 is 0 Å². The van der Waals surface area contributed by atoms with E-state index >= 15 is 0 Å². The zero-order chi connectivity index (χ0) is 20.9. The largest absolute Gasteiger partial charge is 0.340 e. The van der Waals surface area contributed by atoms with Gasteiger partial charge < -0.3 is 9.80 Å². The lowest BCUT2D eigenvalue weighted by Crippen LogP contribution is -2.48. The number of anilines is 1. The molecule has 2 aliphatic heterocycles. The molecule has 0 radical (unpaired) electrons. The third-order valence-corrected chi connectivity index (χ3v) is 5.89. The van der Waals surface area contributed by atoms with Crippen molar-refractivity contribution in [2.24, 2.45) is 0 Å². The Morgan fingerprint density at radius 3 is 2.17 bits per heavy atom. The van der Waals surface area contributed by atoms with E-state index in [2.05, 4.69) is 11.0 Å². The fraction of sp³-hybridized carbons (Fsp3) is 0.375. The van der Waals surface area contributed by atoms with E-state index in [0.717, 1.165) is 56.9 Å². The quantitative estimate of drug-likeness (QED) is 0.771. The Hall–Kier alpha value is -3.17. The molecule has 0 aliphatic carbocycles. The van der Waals surface area contributed by atoms with Crippen LogP contribution >= 0.6 is 0 Å². The second kappa shape index (κ2) is 9.10. The first-order chi connectivity index (χ1) is 14.6. The Kier molecular flexibility index (Phi) is 6.10. The van der Waals surface area contributed by atoms with Crippen LogP contribution in [-0.4, -0.2) is 54.3 Å². The van der Waals surface area contributed by atoms with Crippen molar-refractivity contribution in [1.82, 2.24) is 9.80 Å². The van der Waals surface area contributed by atoms with E-state index in [1.165, 1.54) is 5.56 Å². The number of amides is 2. The molecule has 0 aromatic heterocycles. The van der Waals surface area contributed by atoms with Crippen molar-refractivity contribution < 1.29 is 9.59 Å². The highest BCUT2D eigenvalue weighted by molar-refractivity contribution is 5.95. The van der Waals surface area contributed by atoms with Crippen LogP contribution in [0.1, 0.15) is 29.5 Å². The summed E-state index contributed by atoms with van der Waals surface area (Å²) in [6, 6.07) is 17.6. The minimum absolute atomic E-state index is 0.151. The van der Waals surface area contributed by atoms with Gasteiger partial charge in [-0.1, -0.05) is 24.3 Å². The first kappa shape index (κ1) is 20.1. The number of carbonyl (C=O) groups excluding carboxylic acids is 2. The van der Waals surface area contributed by atoms with Crippen LogP contribution in [0.4, 0.5) is 5.69 Å². The molecule has 154 valence electrons. The van der Waals surface area contributed by atoms with Gasteiger partial charge in [0.25, 0.3) is 0 Å². The lowest BCUT2D eigenvalue weighted by Gasteiger charge is -2.35. The molecule has 2 aromatic rings. The first-order valence-electron chi connectivity index (χ1n) is 10.5. The molecule has 30 heavy (non-hydrogen) atoms. The summed E-state index contributed by atoms with van der Waals surface area (Å²) in [6.07, 6.45) is 1.93. The molecule has 4 rings (SSSR count). The van der Waals surface area contributed by atoms with E-state index in [1.54, 1.807) is 0 Å². The minimum Gasteiger partial charge on any atom is -0.340 e. The molecule has 6 heteroatoms. The topological polar surface area (TPSA) is 67.7 Å². The summed E-state index contributed by atoms with van der Waals surface area (Å²) in [7, 11) is 0. The molecule has 0 N–H and O–H groups in total. The summed E-state index contributed by atoms with van der Waals surface area (Å²) in [5.41, 5.74) is 3.76. The van der Waals surface area contributed by atoms with Crippen LogP contribution in [0.25, 0.3) is 0 Å². The lowest BCUT2D eigenvalue weighted by atomic mass is 10.1. The SMILES string of the molecule is N#Cc1ccc(CN2CCN(C(=O)Cc3ccc(N4CCCC4=O)cc3)CC2)cc1. The molecule has 2 heterocycles. The van der Waals surface area contributed by atoms with E-state index in [9.17, 15) is 9.59 Å². The van der Waals surface area contributed by atoms with Crippen LogP contribution in [0.15, 0.2) is 48.5 Å². The third kappa shape index (κ3) is 4.69. The van der Waals surface area contributed by atoms with E-state index in [0.29, 0.717) is 18.4 Å². The number of piperazine rings is 1. The Balaban J connectivity index is 1.26. The molecule has 0 bridgehead atoms. The molecule has 0 atom stereocenters. The average Bonchev–Trinajstić information content (AvgIpc) is 3.21. The van der Waals surface area contributed by atoms with Gasteiger partial charge in [0.05, 0.1) is 18.1 Å². The summed E-state index contributed by atoms with van der Waals surface area (Å²) < 4.78 is 0. The maximum Gasteiger partial charge on any atom is 0.227 e. The number of hydrogen-bond acceptors (Lipinski definition) is 4. The van der Waals surface area contributed by atoms with Gasteiger partial charge in [0.15, 0.2) is 0 Å². The number of nitriles is 1. The van der Waals surface area contributed by atoms with Gasteiger partial charge in [-0.15, -0.1) is 0 Å². The van der Waals surface area contributed by atoms with Gasteiger partial charge in [-0.05, 0) is 41.8 Å². The highest BCUT2D eigenvalue weighted by Crippen LogP contribution is 2.22. The Morgan fingerprint density at radius 1 is 0.900 bits per heavy atom. The van der Waals surface area contributed by atoms with Gasteiger partial charge in [-0.2, -0.15) is 5.26 Å². The second-order valence-electron chi connectivity index (χ2n) is 7.96. The predicted octanol–water partition coefficient (Wildman–Crippen LogP) is 2.57. The summed E-state index contributed by atoms with van der Waals surface area (Å²) in [6.45, 7) is 4.78. The smallest absolute Gasteiger partial charge is 0.227 e. The fourth-order valence-electron chi connectivity index (χ4n) is 4.10. The molecule has 0 saturated carbocycles. The van der Waals surface area contributed by atoms with Crippen molar-refractivity contribution in [3.8, 4) is 6.07 Å². The fourth-order valence-corrected chi connectivity index (χ4v) is 4.10. The molecule has 0 unspecified atom stereocenters. The van der Waals surface area contributed by atoms with Crippen molar-refractivity contribution in [1.29, 1.82) is 5.26 Å². The van der Waals surface area contributed by atoms with Gasteiger partial charge in [0, 0.05) is 51.4 Å². The highest BCUT2D eigenvalue weighted by Gasteiger charge is 2.23. The number of carbonyl (C=O) groups is 2. The number of rotatable bonds is 5. The van der Waals surface area contributed by atoms with Crippen LogP contribution in [0, 0.1) is 11.3 Å². The van der Waals surface area contributed by atoms with Crippen molar-refractivity contribution >= 4 is 17.5 Å². The highest BCUT2D eigenvalue weighted by atomic mass is 16.2. The molecule has 2 saturated heterocycles. The Bertz CT molecular complexity index is 939. The molecule has 6 nitrogen and oxygen atoms in total. The van der Waals surface area contributed by atoms with Crippen LogP contribution in [0.2, 0.25) is 0 Å². The normalized spacial score (nSPS) is 17.2. The number of hydrogen-bond donors (Lipinski definition) is 0. The van der Waals surface area contributed by atoms with Gasteiger partial charge in [0.2, 0.25) is 11.8 Å². The van der Waals surface area contributed by atoms with Crippen molar-refractivity contribution in [2.75, 3.05) is 37.6 Å². The third-order valence-electron chi connectivity index (χ3n) is 5.89. The maximum atomic E-state index is 12.7. The maximum absolute atomic E-state index is 12.7. The number of benzene rings is 2. The van der Waals surface area contributed by atoms with Crippen molar-refractivity contribution in [3.05, 3.63) is 65.2 Å². The molecular weight excluding hydrogens is 376 g/mol. The standard InChI is InChI=1S/C24H26N4O2/c25-17-20-3-5-21(6-4-20)18-26-12-14-27(15-13-26)24(30)16-19-7-9-22(10-8-19)28-11-1-2-23(28)29/h3-10H,1-2,11-16,18H2. The predicted molar refractivity (Wildman–Crippen MR) is 115 cm³/mol. The van der Waals surface area contributed by atoms with E-state index in [4.69, 9.17) is 5.26 Å². The van der Waals surface area contributed by atoms with E-state index in [-0.39, 0.29) is 11.8 Å². The second-order valence-corrected chi connectivity index (χ2v) is 7.96. The van der Waals surface area contributed by atoms with Crippen molar-refractivity contribution in [2.45, 2.75) is 25.8 Å². The van der Waals surface area contributed by atoms with Gasteiger partial charge in [0.1, 0.15) is 0 Å². The van der Waals surface area contributed by atoms with Gasteiger partial charge in [-0.25, -0.2) is 0 Å². The zero-order valence-corrected chi connectivity index (χ0v) is 17.1. The monoisotopic (exact) mass is 402 g/mol. The van der Waals surface area contributed by atoms with Crippen LogP contribution in [0.5, 0.6) is 0 Å². The van der Waals surface area contributed by atoms with Gasteiger partial charge in [-0.3, -0.25) is 14.5 Å². The first-order valence-corrected chi connectivity index (χ1v) is 10.5. The molecule has 2 aromatic carbocycles. The zero-order valence-electron chi connectivity index (χ0n) is 17.1. The minimum atomic E-state index is 0.151. The number of nitrogens with zero attached hydrogens (tertiary/aromatic N) is 4. The summed E-state index contributed by atoms with van der Waals surface area (Å²) >= 11 is 0. The summed E-state index contributed by atoms with van der Waals surface area (Å²) in [5, 5.41) is 8.90. The van der Waals surface area contributed by atoms with Crippen molar-refractivity contribution in [3.63, 3.8) is 0 Å². The Labute approximate surface area is 177 Å². The van der Waals surface area contributed by atoms with Crippen LogP contribution in [0.3, 0.4) is 0 Å². The molecule has 0 spiro atoms. The average molecular weight is 402 g/mol. The molecule has 2 fully saturated rings. The summed E-state index contributed by atoms with van der Waals surface area (Å²) in [4.78, 5) is 30.7. The van der Waals surface area contributed by atoms with Crippen LogP contribution < -0.4 is 4.90 Å². The van der Waals surface area contributed by atoms with E-state index < -0.39 is 0 Å². The molecule has 2 aliphatic rings. The molecular formula is C24H26N4O2. The summed E-state index contributed by atoms with van der Waals surface area (Å²) in [5.74, 6) is 0.329. The molecule has 2 amide bonds. The Morgan fingerprint density at radius 2 is 1.57 bits per heavy atom.